The zero-order valence-corrected chi connectivity index (χ0v) is 16.0. The number of piperidine rings is 1. The maximum atomic E-state index is 4.30. The normalized spacial score (nSPS) is 17.8. The molecule has 0 unspecified atom stereocenters. The highest BCUT2D eigenvalue weighted by molar-refractivity contribution is 5.80. The summed E-state index contributed by atoms with van der Waals surface area (Å²) < 4.78 is 0. The van der Waals surface area contributed by atoms with E-state index in [-0.39, 0.29) is 5.54 Å². The first kappa shape index (κ1) is 18.8. The molecule has 1 fully saturated rings. The number of hydrogen-bond donors (Lipinski definition) is 2. The molecule has 0 aromatic heterocycles. The van der Waals surface area contributed by atoms with Crippen LogP contribution in [0.4, 0.5) is 0 Å². The number of benzene rings is 1. The van der Waals surface area contributed by atoms with E-state index >= 15 is 0 Å². The molecule has 0 aliphatic carbocycles. The highest BCUT2D eigenvalue weighted by Gasteiger charge is 2.16. The van der Waals surface area contributed by atoms with Gasteiger partial charge in [-0.05, 0) is 63.7 Å². The molecule has 2 rings (SSSR count). The van der Waals surface area contributed by atoms with Crippen LogP contribution < -0.4 is 10.6 Å². The number of nitrogens with zero attached hydrogens (tertiary/aromatic N) is 2. The summed E-state index contributed by atoms with van der Waals surface area (Å²) in [5.41, 5.74) is 2.71. The molecule has 1 aromatic carbocycles. The highest BCUT2D eigenvalue weighted by atomic mass is 15.2. The number of guanidine groups is 1. The maximum Gasteiger partial charge on any atom is 0.191 e. The first-order valence-corrected chi connectivity index (χ1v) is 9.15. The topological polar surface area (TPSA) is 39.7 Å². The lowest BCUT2D eigenvalue weighted by molar-refractivity contribution is 0.185. The fraction of sp³-hybridized carbons (Fsp3) is 0.650. The molecule has 0 spiro atoms. The molecule has 0 saturated carbocycles. The van der Waals surface area contributed by atoms with Crippen molar-refractivity contribution in [3.05, 3.63) is 35.4 Å². The number of likely N-dealkylation sites (tertiary alicyclic amines) is 1. The summed E-state index contributed by atoms with van der Waals surface area (Å²) >= 11 is 0. The van der Waals surface area contributed by atoms with Crippen molar-refractivity contribution in [1.82, 2.24) is 15.5 Å². The van der Waals surface area contributed by atoms with Gasteiger partial charge in [-0.15, -0.1) is 0 Å². The van der Waals surface area contributed by atoms with E-state index in [2.05, 4.69) is 72.5 Å². The molecule has 2 N–H and O–H groups in total. The summed E-state index contributed by atoms with van der Waals surface area (Å²) in [7, 11) is 1.81. The second-order valence-corrected chi connectivity index (χ2v) is 8.08. The molecule has 0 atom stereocenters. The van der Waals surface area contributed by atoms with Gasteiger partial charge >= 0.3 is 0 Å². The Morgan fingerprint density at radius 3 is 2.50 bits per heavy atom. The van der Waals surface area contributed by atoms with Gasteiger partial charge in [-0.3, -0.25) is 9.89 Å². The molecule has 0 bridgehead atoms. The van der Waals surface area contributed by atoms with Crippen LogP contribution in [0, 0.1) is 5.92 Å². The molecule has 1 saturated heterocycles. The molecule has 0 amide bonds. The van der Waals surface area contributed by atoms with Gasteiger partial charge in [-0.1, -0.05) is 31.2 Å². The van der Waals surface area contributed by atoms with Crippen LogP contribution in [-0.4, -0.2) is 36.5 Å². The van der Waals surface area contributed by atoms with Crippen LogP contribution in [0.3, 0.4) is 0 Å². The quantitative estimate of drug-likeness (QED) is 0.657. The van der Waals surface area contributed by atoms with Gasteiger partial charge in [0.2, 0.25) is 0 Å². The standard InChI is InChI=1S/C20H34N4/c1-16-9-11-24(12-10-16)15-18-8-6-7-17(13-18)14-22-19(21-5)23-20(2,3)4/h6-8,13,16H,9-12,14-15H2,1-5H3,(H2,21,22,23). The van der Waals surface area contributed by atoms with E-state index < -0.39 is 0 Å². The predicted octanol–water partition coefficient (Wildman–Crippen LogP) is 3.38. The van der Waals surface area contributed by atoms with Gasteiger partial charge in [0.05, 0.1) is 0 Å². The zero-order valence-electron chi connectivity index (χ0n) is 16.0. The van der Waals surface area contributed by atoms with Crippen molar-refractivity contribution >= 4 is 5.96 Å². The summed E-state index contributed by atoms with van der Waals surface area (Å²) in [6.07, 6.45) is 2.66. The average molecular weight is 331 g/mol. The van der Waals surface area contributed by atoms with Crippen LogP contribution in [0.5, 0.6) is 0 Å². The van der Waals surface area contributed by atoms with E-state index in [0.717, 1.165) is 25.0 Å². The largest absolute Gasteiger partial charge is 0.352 e. The van der Waals surface area contributed by atoms with Crippen molar-refractivity contribution in [3.8, 4) is 0 Å². The minimum Gasteiger partial charge on any atom is -0.352 e. The second kappa shape index (κ2) is 8.52. The van der Waals surface area contributed by atoms with E-state index in [9.17, 15) is 0 Å². The molecule has 134 valence electrons. The SMILES string of the molecule is CN=C(NCc1cccc(CN2CCC(C)CC2)c1)NC(C)(C)C. The molecule has 4 heteroatoms. The Labute approximate surface area is 147 Å². The van der Waals surface area contributed by atoms with Crippen LogP contribution in [-0.2, 0) is 13.1 Å². The van der Waals surface area contributed by atoms with Crippen molar-refractivity contribution in [3.63, 3.8) is 0 Å². The molecule has 4 nitrogen and oxygen atoms in total. The van der Waals surface area contributed by atoms with E-state index in [0.29, 0.717) is 0 Å². The predicted molar refractivity (Wildman–Crippen MR) is 103 cm³/mol. The highest BCUT2D eigenvalue weighted by Crippen LogP contribution is 2.18. The van der Waals surface area contributed by atoms with Crippen molar-refractivity contribution in [2.24, 2.45) is 10.9 Å². The first-order valence-electron chi connectivity index (χ1n) is 9.15. The van der Waals surface area contributed by atoms with E-state index in [4.69, 9.17) is 0 Å². The smallest absolute Gasteiger partial charge is 0.191 e. The summed E-state index contributed by atoms with van der Waals surface area (Å²) in [6.45, 7) is 13.1. The van der Waals surface area contributed by atoms with Crippen LogP contribution in [0.2, 0.25) is 0 Å². The van der Waals surface area contributed by atoms with E-state index in [1.165, 1.54) is 37.1 Å². The zero-order chi connectivity index (χ0) is 17.6. The lowest BCUT2D eigenvalue weighted by Crippen LogP contribution is -2.47. The molecular formula is C20H34N4. The van der Waals surface area contributed by atoms with Gasteiger partial charge in [0.1, 0.15) is 0 Å². The Balaban J connectivity index is 1.88. The van der Waals surface area contributed by atoms with Crippen molar-refractivity contribution in [2.75, 3.05) is 20.1 Å². The van der Waals surface area contributed by atoms with E-state index in [1.807, 2.05) is 7.05 Å². The van der Waals surface area contributed by atoms with Gasteiger partial charge in [0, 0.05) is 25.7 Å². The molecule has 1 aromatic rings. The Morgan fingerprint density at radius 2 is 1.88 bits per heavy atom. The van der Waals surface area contributed by atoms with Crippen molar-refractivity contribution in [1.29, 1.82) is 0 Å². The van der Waals surface area contributed by atoms with Crippen molar-refractivity contribution < 1.29 is 0 Å². The molecule has 1 heterocycles. The Bertz CT molecular complexity index is 537. The summed E-state index contributed by atoms with van der Waals surface area (Å²) in [4.78, 5) is 6.87. The Morgan fingerprint density at radius 1 is 1.21 bits per heavy atom. The fourth-order valence-corrected chi connectivity index (χ4v) is 3.04. The number of aliphatic imine (C=N–C) groups is 1. The average Bonchev–Trinajstić information content (AvgIpc) is 2.53. The van der Waals surface area contributed by atoms with Gasteiger partial charge in [0.15, 0.2) is 5.96 Å². The number of hydrogen-bond acceptors (Lipinski definition) is 2. The summed E-state index contributed by atoms with van der Waals surface area (Å²) in [5, 5.41) is 6.80. The monoisotopic (exact) mass is 330 g/mol. The third-order valence-electron chi connectivity index (χ3n) is 4.45. The molecule has 1 aliphatic rings. The minimum atomic E-state index is 0.00902. The molecule has 24 heavy (non-hydrogen) atoms. The number of nitrogens with one attached hydrogen (secondary N) is 2. The summed E-state index contributed by atoms with van der Waals surface area (Å²) in [5.74, 6) is 1.73. The number of rotatable bonds is 4. The third kappa shape index (κ3) is 6.52. The fourth-order valence-electron chi connectivity index (χ4n) is 3.04. The first-order chi connectivity index (χ1) is 11.4. The van der Waals surface area contributed by atoms with Gasteiger partial charge < -0.3 is 10.6 Å². The van der Waals surface area contributed by atoms with E-state index in [1.54, 1.807) is 0 Å². The summed E-state index contributed by atoms with van der Waals surface area (Å²) in [6, 6.07) is 8.90. The Kier molecular flexibility index (Phi) is 6.67. The Hall–Kier alpha value is -1.55. The molecule has 1 aliphatic heterocycles. The van der Waals surface area contributed by atoms with Gasteiger partial charge in [-0.25, -0.2) is 0 Å². The lowest BCUT2D eigenvalue weighted by Gasteiger charge is -2.30. The molecule has 0 radical (unpaired) electrons. The van der Waals surface area contributed by atoms with Crippen LogP contribution in [0.25, 0.3) is 0 Å². The van der Waals surface area contributed by atoms with Crippen LogP contribution in [0.15, 0.2) is 29.3 Å². The van der Waals surface area contributed by atoms with Crippen LogP contribution >= 0.6 is 0 Å². The molecular weight excluding hydrogens is 296 g/mol. The van der Waals surface area contributed by atoms with Crippen molar-refractivity contribution in [2.45, 2.75) is 59.2 Å². The second-order valence-electron chi connectivity index (χ2n) is 8.08. The van der Waals surface area contributed by atoms with Gasteiger partial charge in [0.25, 0.3) is 0 Å². The van der Waals surface area contributed by atoms with Crippen LogP contribution in [0.1, 0.15) is 51.7 Å². The lowest BCUT2D eigenvalue weighted by atomic mass is 9.98. The third-order valence-corrected chi connectivity index (χ3v) is 4.45. The maximum absolute atomic E-state index is 4.30. The van der Waals surface area contributed by atoms with Gasteiger partial charge in [-0.2, -0.15) is 0 Å². The minimum absolute atomic E-state index is 0.00902.